The largest absolute Gasteiger partial charge is 0.388 e. The van der Waals surface area contributed by atoms with Crippen LogP contribution < -0.4 is 0 Å². The van der Waals surface area contributed by atoms with E-state index in [4.69, 9.17) is 0 Å². The minimum Gasteiger partial charge on any atom is -0.388 e. The Balaban J connectivity index is 3.02. The molecule has 0 saturated carbocycles. The maximum atomic E-state index is 10.9. The van der Waals surface area contributed by atoms with Crippen LogP contribution in [0, 0.1) is 24.7 Å². The summed E-state index contributed by atoms with van der Waals surface area (Å²) in [5, 5.41) is 10.9. The Morgan fingerprint density at radius 3 is 2.25 bits per heavy atom. The lowest BCUT2D eigenvalue weighted by Crippen LogP contribution is -2.28. The quantitative estimate of drug-likeness (QED) is 0.570. The summed E-state index contributed by atoms with van der Waals surface area (Å²) in [5.41, 5.74) is 5.05. The highest BCUT2D eigenvalue weighted by atomic mass is 16.3. The van der Waals surface area contributed by atoms with Crippen LogP contribution in [-0.4, -0.2) is 11.2 Å². The third-order valence-electron chi connectivity index (χ3n) is 5.75. The first-order valence-corrected chi connectivity index (χ1v) is 9.66. The van der Waals surface area contributed by atoms with Gasteiger partial charge in [-0.3, -0.25) is 0 Å². The van der Waals surface area contributed by atoms with Gasteiger partial charge in [0, 0.05) is 0 Å². The van der Waals surface area contributed by atoms with Gasteiger partial charge in [0.25, 0.3) is 0 Å². The van der Waals surface area contributed by atoms with E-state index in [9.17, 15) is 5.11 Å². The second kappa shape index (κ2) is 9.42. The number of rotatable bonds is 8. The summed E-state index contributed by atoms with van der Waals surface area (Å²) in [6.45, 7) is 17.8. The van der Waals surface area contributed by atoms with Crippen molar-refractivity contribution in [1.82, 2.24) is 0 Å². The second-order valence-corrected chi connectivity index (χ2v) is 8.05. The molecule has 0 bridgehead atoms. The molecule has 0 aromatic heterocycles. The molecular formula is C23H38O. The summed E-state index contributed by atoms with van der Waals surface area (Å²) >= 11 is 0. The van der Waals surface area contributed by atoms with Crippen LogP contribution in [0.4, 0.5) is 0 Å². The molecule has 1 N–H and O–H groups in total. The van der Waals surface area contributed by atoms with Crippen molar-refractivity contribution in [3.63, 3.8) is 0 Å². The van der Waals surface area contributed by atoms with Crippen LogP contribution in [0.25, 0.3) is 6.08 Å². The van der Waals surface area contributed by atoms with Crippen molar-refractivity contribution in [3.05, 3.63) is 40.5 Å². The zero-order valence-electron chi connectivity index (χ0n) is 17.1. The van der Waals surface area contributed by atoms with E-state index < -0.39 is 0 Å². The molecule has 1 heteroatoms. The van der Waals surface area contributed by atoms with E-state index in [2.05, 4.69) is 79.7 Å². The Labute approximate surface area is 150 Å². The van der Waals surface area contributed by atoms with E-state index in [0.717, 1.165) is 5.57 Å². The minimum atomic E-state index is -0.375. The fourth-order valence-electron chi connectivity index (χ4n) is 3.89. The van der Waals surface area contributed by atoms with Crippen LogP contribution >= 0.6 is 0 Å². The molecule has 0 radical (unpaired) electrons. The summed E-state index contributed by atoms with van der Waals surface area (Å²) in [6.07, 6.45) is 4.26. The number of aryl methyl sites for hydroxylation is 1. The summed E-state index contributed by atoms with van der Waals surface area (Å²) in [4.78, 5) is 0. The third-order valence-corrected chi connectivity index (χ3v) is 5.75. The topological polar surface area (TPSA) is 20.2 Å². The molecule has 1 rings (SSSR count). The van der Waals surface area contributed by atoms with Gasteiger partial charge in [0.1, 0.15) is 0 Å². The molecule has 0 saturated heterocycles. The van der Waals surface area contributed by atoms with Crippen molar-refractivity contribution in [1.29, 1.82) is 0 Å². The zero-order chi connectivity index (χ0) is 18.4. The van der Waals surface area contributed by atoms with Gasteiger partial charge < -0.3 is 5.11 Å². The van der Waals surface area contributed by atoms with E-state index in [0.29, 0.717) is 17.8 Å². The van der Waals surface area contributed by atoms with Gasteiger partial charge in [-0.15, -0.1) is 0 Å². The average Bonchev–Trinajstić information content (AvgIpc) is 2.52. The Morgan fingerprint density at radius 2 is 1.71 bits per heavy atom. The van der Waals surface area contributed by atoms with E-state index in [-0.39, 0.29) is 12.0 Å². The number of aliphatic hydroxyl groups is 1. The highest BCUT2D eigenvalue weighted by Gasteiger charge is 2.25. The summed E-state index contributed by atoms with van der Waals surface area (Å²) in [5.74, 6) is 1.93. The van der Waals surface area contributed by atoms with Gasteiger partial charge in [-0.05, 0) is 59.8 Å². The molecule has 1 nitrogen and oxygen atoms in total. The normalized spacial score (nSPS) is 17.7. The smallest absolute Gasteiger partial charge is 0.0778 e. The Bertz CT molecular complexity index is 541. The highest BCUT2D eigenvalue weighted by Crippen LogP contribution is 2.31. The van der Waals surface area contributed by atoms with Crippen LogP contribution in [0.1, 0.15) is 83.9 Å². The summed E-state index contributed by atoms with van der Waals surface area (Å²) in [7, 11) is 0. The van der Waals surface area contributed by atoms with Crippen molar-refractivity contribution in [2.45, 2.75) is 80.3 Å². The van der Waals surface area contributed by atoms with Gasteiger partial charge in [-0.2, -0.15) is 0 Å². The molecular weight excluding hydrogens is 292 g/mol. The molecule has 0 aliphatic heterocycles. The van der Waals surface area contributed by atoms with E-state index >= 15 is 0 Å². The Morgan fingerprint density at radius 1 is 1.08 bits per heavy atom. The van der Waals surface area contributed by atoms with Gasteiger partial charge in [-0.25, -0.2) is 0 Å². The fraction of sp³-hybridized carbons (Fsp3) is 0.652. The van der Waals surface area contributed by atoms with Crippen LogP contribution in [0.5, 0.6) is 0 Å². The van der Waals surface area contributed by atoms with Gasteiger partial charge in [0.2, 0.25) is 0 Å². The zero-order valence-corrected chi connectivity index (χ0v) is 17.1. The molecule has 0 amide bonds. The van der Waals surface area contributed by atoms with Crippen LogP contribution in [0.3, 0.4) is 0 Å². The molecule has 1 aromatic carbocycles. The summed E-state index contributed by atoms with van der Waals surface area (Å²) < 4.78 is 0. The molecule has 0 aliphatic rings. The van der Waals surface area contributed by atoms with Crippen molar-refractivity contribution in [2.75, 3.05) is 0 Å². The molecule has 4 unspecified atom stereocenters. The molecule has 0 fully saturated rings. The van der Waals surface area contributed by atoms with Crippen LogP contribution in [0.15, 0.2) is 23.8 Å². The fourth-order valence-corrected chi connectivity index (χ4v) is 3.89. The first-order valence-electron chi connectivity index (χ1n) is 9.66. The predicted molar refractivity (Wildman–Crippen MR) is 107 cm³/mol. The molecule has 4 atom stereocenters. The highest BCUT2D eigenvalue weighted by molar-refractivity contribution is 5.59. The number of hydrogen-bond acceptors (Lipinski definition) is 1. The molecule has 24 heavy (non-hydrogen) atoms. The first kappa shape index (κ1) is 21.0. The minimum absolute atomic E-state index is 0.273. The van der Waals surface area contributed by atoms with E-state index in [1.54, 1.807) is 0 Å². The van der Waals surface area contributed by atoms with Gasteiger partial charge >= 0.3 is 0 Å². The average molecular weight is 331 g/mol. The van der Waals surface area contributed by atoms with Crippen molar-refractivity contribution < 1.29 is 5.11 Å². The standard InChI is InChI=1S/C23H38O/c1-9-11-16(4)19(7)20(8)23(24)18(6)14-21-13-10-12-17(5)22(21)15(2)3/h10,12-16,19-20,23-24H,9,11H2,1-8H3/b18-14+. The molecule has 0 aliphatic carbocycles. The summed E-state index contributed by atoms with van der Waals surface area (Å²) in [6, 6.07) is 6.46. The SMILES string of the molecule is CCCC(C)C(C)C(C)C(O)/C(C)=C/c1cccc(C)c1C(C)C. The lowest BCUT2D eigenvalue weighted by Gasteiger charge is -2.30. The number of benzene rings is 1. The molecule has 136 valence electrons. The number of hydrogen-bond donors (Lipinski definition) is 1. The van der Waals surface area contributed by atoms with Gasteiger partial charge in [0.15, 0.2) is 0 Å². The lowest BCUT2D eigenvalue weighted by atomic mass is 9.78. The second-order valence-electron chi connectivity index (χ2n) is 8.05. The maximum Gasteiger partial charge on any atom is 0.0778 e. The van der Waals surface area contributed by atoms with Gasteiger partial charge in [-0.1, -0.05) is 78.7 Å². The monoisotopic (exact) mass is 330 g/mol. The van der Waals surface area contributed by atoms with Crippen LogP contribution in [-0.2, 0) is 0 Å². The van der Waals surface area contributed by atoms with E-state index in [1.807, 2.05) is 0 Å². The molecule has 1 aromatic rings. The van der Waals surface area contributed by atoms with Crippen LogP contribution in [0.2, 0.25) is 0 Å². The maximum absolute atomic E-state index is 10.9. The predicted octanol–water partition coefficient (Wildman–Crippen LogP) is 6.59. The third kappa shape index (κ3) is 5.21. The van der Waals surface area contributed by atoms with Crippen molar-refractivity contribution >= 4 is 6.08 Å². The lowest BCUT2D eigenvalue weighted by molar-refractivity contribution is 0.0964. The Hall–Kier alpha value is -1.08. The molecule has 0 heterocycles. The Kier molecular flexibility index (Phi) is 8.22. The number of aliphatic hydroxyl groups excluding tert-OH is 1. The van der Waals surface area contributed by atoms with Gasteiger partial charge in [0.05, 0.1) is 6.10 Å². The van der Waals surface area contributed by atoms with Crippen molar-refractivity contribution in [2.24, 2.45) is 17.8 Å². The molecule has 0 spiro atoms. The van der Waals surface area contributed by atoms with E-state index in [1.165, 1.54) is 29.5 Å². The first-order chi connectivity index (χ1) is 11.2. The van der Waals surface area contributed by atoms with Crippen molar-refractivity contribution in [3.8, 4) is 0 Å².